The minimum Gasteiger partial charge on any atom is -0.468 e. The van der Waals surface area contributed by atoms with Crippen LogP contribution in [0.2, 0.25) is 0 Å². The van der Waals surface area contributed by atoms with Crippen LogP contribution in [0, 0.1) is 11.8 Å². The Bertz CT molecular complexity index is 257. The number of hydrogen-bond donors (Lipinski definition) is 2. The Morgan fingerprint density at radius 1 is 1.44 bits per heavy atom. The first-order chi connectivity index (χ1) is 7.72. The summed E-state index contributed by atoms with van der Waals surface area (Å²) in [6.45, 7) is 7.11. The highest BCUT2D eigenvalue weighted by molar-refractivity contribution is 4.97. The molecule has 92 valence electrons. The fourth-order valence-corrected chi connectivity index (χ4v) is 1.93. The molecule has 1 rings (SSSR count). The molecule has 3 heteroatoms. The SMILES string of the molecule is CC(C)CC(CN)CCNCc1ccco1. The Labute approximate surface area is 98.4 Å². The fraction of sp³-hybridized carbons (Fsp3) is 0.692. The third-order valence-electron chi connectivity index (χ3n) is 2.75. The van der Waals surface area contributed by atoms with E-state index >= 15 is 0 Å². The van der Waals surface area contributed by atoms with Crippen molar-refractivity contribution in [3.63, 3.8) is 0 Å². The quantitative estimate of drug-likeness (QED) is 0.667. The number of furan rings is 1. The molecule has 16 heavy (non-hydrogen) atoms. The van der Waals surface area contributed by atoms with Crippen LogP contribution in [-0.2, 0) is 6.54 Å². The lowest BCUT2D eigenvalue weighted by Gasteiger charge is -2.16. The molecule has 0 spiro atoms. The van der Waals surface area contributed by atoms with Gasteiger partial charge in [0.2, 0.25) is 0 Å². The van der Waals surface area contributed by atoms with Crippen LogP contribution in [0.5, 0.6) is 0 Å². The maximum Gasteiger partial charge on any atom is 0.117 e. The average molecular weight is 224 g/mol. The van der Waals surface area contributed by atoms with Crippen LogP contribution >= 0.6 is 0 Å². The normalized spacial score (nSPS) is 13.2. The number of rotatable bonds is 8. The fourth-order valence-electron chi connectivity index (χ4n) is 1.93. The molecule has 0 aliphatic carbocycles. The predicted molar refractivity (Wildman–Crippen MR) is 67.0 cm³/mol. The van der Waals surface area contributed by atoms with Crippen molar-refractivity contribution in [2.24, 2.45) is 17.6 Å². The van der Waals surface area contributed by atoms with Gasteiger partial charge in [0, 0.05) is 0 Å². The monoisotopic (exact) mass is 224 g/mol. The van der Waals surface area contributed by atoms with Gasteiger partial charge in [-0.25, -0.2) is 0 Å². The van der Waals surface area contributed by atoms with E-state index in [0.29, 0.717) is 5.92 Å². The molecule has 0 saturated heterocycles. The molecule has 1 heterocycles. The van der Waals surface area contributed by atoms with Crippen molar-refractivity contribution >= 4 is 0 Å². The molecule has 3 nitrogen and oxygen atoms in total. The molecule has 0 radical (unpaired) electrons. The van der Waals surface area contributed by atoms with Gasteiger partial charge in [-0.15, -0.1) is 0 Å². The molecule has 3 N–H and O–H groups in total. The molecule has 0 saturated carbocycles. The van der Waals surface area contributed by atoms with Crippen molar-refractivity contribution < 1.29 is 4.42 Å². The largest absolute Gasteiger partial charge is 0.468 e. The van der Waals surface area contributed by atoms with Crippen molar-refractivity contribution in [1.82, 2.24) is 5.32 Å². The zero-order valence-corrected chi connectivity index (χ0v) is 10.4. The molecular formula is C13H24N2O. The van der Waals surface area contributed by atoms with Gasteiger partial charge < -0.3 is 15.5 Å². The Balaban J connectivity index is 2.09. The highest BCUT2D eigenvalue weighted by Crippen LogP contribution is 2.13. The van der Waals surface area contributed by atoms with E-state index in [4.69, 9.17) is 10.2 Å². The summed E-state index contributed by atoms with van der Waals surface area (Å²) < 4.78 is 5.24. The zero-order chi connectivity index (χ0) is 11.8. The smallest absolute Gasteiger partial charge is 0.117 e. The van der Waals surface area contributed by atoms with E-state index in [1.807, 2.05) is 12.1 Å². The maximum absolute atomic E-state index is 5.75. The lowest BCUT2D eigenvalue weighted by atomic mass is 9.94. The summed E-state index contributed by atoms with van der Waals surface area (Å²) in [6, 6.07) is 3.90. The van der Waals surface area contributed by atoms with Crippen LogP contribution in [0.25, 0.3) is 0 Å². The summed E-state index contributed by atoms with van der Waals surface area (Å²) in [5, 5.41) is 3.38. The summed E-state index contributed by atoms with van der Waals surface area (Å²) in [4.78, 5) is 0. The van der Waals surface area contributed by atoms with E-state index in [9.17, 15) is 0 Å². The topological polar surface area (TPSA) is 51.2 Å². The molecule has 0 bridgehead atoms. The van der Waals surface area contributed by atoms with E-state index in [0.717, 1.165) is 37.7 Å². The van der Waals surface area contributed by atoms with Crippen LogP contribution in [0.1, 0.15) is 32.4 Å². The standard InChI is InChI=1S/C13H24N2O/c1-11(2)8-12(9-14)5-6-15-10-13-4-3-7-16-13/h3-4,7,11-12,15H,5-6,8-10,14H2,1-2H3. The van der Waals surface area contributed by atoms with Gasteiger partial charge in [0.25, 0.3) is 0 Å². The van der Waals surface area contributed by atoms with E-state index in [2.05, 4.69) is 19.2 Å². The zero-order valence-electron chi connectivity index (χ0n) is 10.4. The molecular weight excluding hydrogens is 200 g/mol. The third kappa shape index (κ3) is 5.33. The Morgan fingerprint density at radius 3 is 2.81 bits per heavy atom. The van der Waals surface area contributed by atoms with Crippen LogP contribution in [0.4, 0.5) is 0 Å². The van der Waals surface area contributed by atoms with E-state index in [1.165, 1.54) is 6.42 Å². The number of nitrogens with two attached hydrogens (primary N) is 1. The summed E-state index contributed by atoms with van der Waals surface area (Å²) in [7, 11) is 0. The average Bonchev–Trinajstić information content (AvgIpc) is 2.74. The van der Waals surface area contributed by atoms with Crippen molar-refractivity contribution in [2.45, 2.75) is 33.2 Å². The number of hydrogen-bond acceptors (Lipinski definition) is 3. The van der Waals surface area contributed by atoms with E-state index in [-0.39, 0.29) is 0 Å². The maximum atomic E-state index is 5.75. The molecule has 1 atom stereocenters. The van der Waals surface area contributed by atoms with Gasteiger partial charge in [0.15, 0.2) is 0 Å². The lowest BCUT2D eigenvalue weighted by molar-refractivity contribution is 0.380. The summed E-state index contributed by atoms with van der Waals surface area (Å²) in [5.41, 5.74) is 5.75. The van der Waals surface area contributed by atoms with Crippen LogP contribution < -0.4 is 11.1 Å². The summed E-state index contributed by atoms with van der Waals surface area (Å²) in [5.74, 6) is 2.37. The van der Waals surface area contributed by atoms with Gasteiger partial charge in [-0.05, 0) is 49.9 Å². The lowest BCUT2D eigenvalue weighted by Crippen LogP contribution is -2.23. The molecule has 0 amide bonds. The second kappa shape index (κ2) is 7.47. The van der Waals surface area contributed by atoms with Crippen molar-refractivity contribution in [1.29, 1.82) is 0 Å². The second-order valence-corrected chi connectivity index (χ2v) is 4.78. The molecule has 0 aliphatic rings. The summed E-state index contributed by atoms with van der Waals surface area (Å²) >= 11 is 0. The highest BCUT2D eigenvalue weighted by Gasteiger charge is 2.08. The molecule has 1 unspecified atom stereocenters. The van der Waals surface area contributed by atoms with E-state index in [1.54, 1.807) is 6.26 Å². The van der Waals surface area contributed by atoms with Crippen LogP contribution in [-0.4, -0.2) is 13.1 Å². The van der Waals surface area contributed by atoms with Crippen LogP contribution in [0.3, 0.4) is 0 Å². The molecule has 0 aliphatic heterocycles. The summed E-state index contributed by atoms with van der Waals surface area (Å²) in [6.07, 6.45) is 4.08. The van der Waals surface area contributed by atoms with Gasteiger partial charge in [-0.2, -0.15) is 0 Å². The Kier molecular flexibility index (Phi) is 6.19. The first-order valence-electron chi connectivity index (χ1n) is 6.15. The molecule has 1 aromatic rings. The molecule has 0 fully saturated rings. The highest BCUT2D eigenvalue weighted by atomic mass is 16.3. The van der Waals surface area contributed by atoms with Gasteiger partial charge in [-0.1, -0.05) is 13.8 Å². The van der Waals surface area contributed by atoms with E-state index < -0.39 is 0 Å². The van der Waals surface area contributed by atoms with Gasteiger partial charge in [0.1, 0.15) is 5.76 Å². The molecule has 0 aromatic carbocycles. The van der Waals surface area contributed by atoms with Gasteiger partial charge in [-0.3, -0.25) is 0 Å². The van der Waals surface area contributed by atoms with Gasteiger partial charge in [0.05, 0.1) is 12.8 Å². The van der Waals surface area contributed by atoms with Gasteiger partial charge >= 0.3 is 0 Å². The first-order valence-corrected chi connectivity index (χ1v) is 6.15. The van der Waals surface area contributed by atoms with Crippen molar-refractivity contribution in [3.8, 4) is 0 Å². The number of nitrogens with one attached hydrogen (secondary N) is 1. The first kappa shape index (κ1) is 13.3. The third-order valence-corrected chi connectivity index (χ3v) is 2.75. The second-order valence-electron chi connectivity index (χ2n) is 4.78. The predicted octanol–water partition coefficient (Wildman–Crippen LogP) is 2.38. The van der Waals surface area contributed by atoms with Crippen molar-refractivity contribution in [2.75, 3.05) is 13.1 Å². The molecule has 1 aromatic heterocycles. The van der Waals surface area contributed by atoms with Crippen molar-refractivity contribution in [3.05, 3.63) is 24.2 Å². The Morgan fingerprint density at radius 2 is 2.25 bits per heavy atom. The minimum atomic E-state index is 0.643. The minimum absolute atomic E-state index is 0.643. The Hall–Kier alpha value is -0.800. The van der Waals surface area contributed by atoms with Crippen LogP contribution in [0.15, 0.2) is 22.8 Å².